The summed E-state index contributed by atoms with van der Waals surface area (Å²) in [5.74, 6) is 6.07. The van der Waals surface area contributed by atoms with Gasteiger partial charge in [-0.15, -0.1) is 0 Å². The SMILES string of the molecule is CCc1cc(C#CCCN)ccc1N. The Morgan fingerprint density at radius 3 is 2.79 bits per heavy atom. The molecular weight excluding hydrogens is 172 g/mol. The Hall–Kier alpha value is -1.46. The summed E-state index contributed by atoms with van der Waals surface area (Å²) in [6, 6.07) is 5.89. The monoisotopic (exact) mass is 188 g/mol. The summed E-state index contributed by atoms with van der Waals surface area (Å²) in [4.78, 5) is 0. The molecule has 0 aliphatic heterocycles. The van der Waals surface area contributed by atoms with Crippen molar-refractivity contribution in [2.75, 3.05) is 12.3 Å². The first-order chi connectivity index (χ1) is 6.77. The Balaban J connectivity index is 2.86. The zero-order valence-corrected chi connectivity index (χ0v) is 8.51. The fourth-order valence-electron chi connectivity index (χ4n) is 1.23. The lowest BCUT2D eigenvalue weighted by atomic mass is 10.1. The third-order valence-electron chi connectivity index (χ3n) is 2.03. The van der Waals surface area contributed by atoms with Crippen molar-refractivity contribution in [2.24, 2.45) is 5.73 Å². The summed E-state index contributed by atoms with van der Waals surface area (Å²) in [6.45, 7) is 2.70. The van der Waals surface area contributed by atoms with E-state index in [1.807, 2.05) is 18.2 Å². The molecule has 0 unspecified atom stereocenters. The van der Waals surface area contributed by atoms with Crippen molar-refractivity contribution < 1.29 is 0 Å². The maximum Gasteiger partial charge on any atom is 0.0347 e. The van der Waals surface area contributed by atoms with Crippen LogP contribution in [0.4, 0.5) is 5.69 Å². The fourth-order valence-corrected chi connectivity index (χ4v) is 1.23. The zero-order valence-electron chi connectivity index (χ0n) is 8.51. The molecule has 0 saturated heterocycles. The predicted molar refractivity (Wildman–Crippen MR) is 60.8 cm³/mol. The highest BCUT2D eigenvalue weighted by atomic mass is 14.6. The van der Waals surface area contributed by atoms with Gasteiger partial charge in [0.2, 0.25) is 0 Å². The van der Waals surface area contributed by atoms with E-state index in [1.54, 1.807) is 0 Å². The molecule has 0 heterocycles. The molecule has 1 aromatic carbocycles. The van der Waals surface area contributed by atoms with E-state index >= 15 is 0 Å². The largest absolute Gasteiger partial charge is 0.399 e. The number of anilines is 1. The molecule has 0 fully saturated rings. The van der Waals surface area contributed by atoms with Crippen LogP contribution >= 0.6 is 0 Å². The Bertz CT molecular complexity index is 358. The summed E-state index contributed by atoms with van der Waals surface area (Å²) in [6.07, 6.45) is 1.68. The Labute approximate surface area is 85.3 Å². The summed E-state index contributed by atoms with van der Waals surface area (Å²) in [5.41, 5.74) is 14.2. The maximum atomic E-state index is 5.79. The number of nitrogens with two attached hydrogens (primary N) is 2. The van der Waals surface area contributed by atoms with Gasteiger partial charge >= 0.3 is 0 Å². The Kier molecular flexibility index (Phi) is 4.03. The van der Waals surface area contributed by atoms with Crippen LogP contribution in [-0.4, -0.2) is 6.54 Å². The number of rotatable bonds is 2. The molecule has 0 atom stereocenters. The van der Waals surface area contributed by atoms with Gasteiger partial charge in [-0.25, -0.2) is 0 Å². The van der Waals surface area contributed by atoms with Crippen LogP contribution in [0.3, 0.4) is 0 Å². The van der Waals surface area contributed by atoms with Gasteiger partial charge in [0, 0.05) is 24.2 Å². The van der Waals surface area contributed by atoms with Gasteiger partial charge in [-0.3, -0.25) is 0 Å². The molecule has 4 N–H and O–H groups in total. The molecule has 0 amide bonds. The molecule has 0 saturated carbocycles. The van der Waals surface area contributed by atoms with Gasteiger partial charge in [0.15, 0.2) is 0 Å². The van der Waals surface area contributed by atoms with E-state index in [2.05, 4.69) is 18.8 Å². The topological polar surface area (TPSA) is 52.0 Å². The molecule has 14 heavy (non-hydrogen) atoms. The molecule has 1 aromatic rings. The molecule has 0 radical (unpaired) electrons. The molecule has 0 aliphatic rings. The van der Waals surface area contributed by atoms with E-state index in [4.69, 9.17) is 11.5 Å². The molecule has 74 valence electrons. The minimum Gasteiger partial charge on any atom is -0.399 e. The first kappa shape index (κ1) is 10.6. The smallest absolute Gasteiger partial charge is 0.0347 e. The van der Waals surface area contributed by atoms with Crippen LogP contribution in [0.2, 0.25) is 0 Å². The standard InChI is InChI=1S/C12H16N2/c1-2-11-9-10(5-3-4-8-13)6-7-12(11)14/h6-7,9H,2,4,8,13-14H2,1H3. The summed E-state index contributed by atoms with van der Waals surface area (Å²) < 4.78 is 0. The lowest BCUT2D eigenvalue weighted by Gasteiger charge is -2.02. The zero-order chi connectivity index (χ0) is 10.4. The fraction of sp³-hybridized carbons (Fsp3) is 0.333. The van der Waals surface area contributed by atoms with Crippen LogP contribution in [0, 0.1) is 11.8 Å². The highest BCUT2D eigenvalue weighted by Crippen LogP contribution is 2.13. The molecule has 2 heteroatoms. The molecule has 0 bridgehead atoms. The van der Waals surface area contributed by atoms with Crippen LogP contribution in [0.15, 0.2) is 18.2 Å². The number of hydrogen-bond donors (Lipinski definition) is 2. The van der Waals surface area contributed by atoms with Crippen LogP contribution in [0.1, 0.15) is 24.5 Å². The van der Waals surface area contributed by atoms with Crippen molar-refractivity contribution >= 4 is 5.69 Å². The first-order valence-corrected chi connectivity index (χ1v) is 4.85. The van der Waals surface area contributed by atoms with Crippen molar-refractivity contribution in [3.05, 3.63) is 29.3 Å². The average Bonchev–Trinajstić information content (AvgIpc) is 2.21. The molecule has 0 aromatic heterocycles. The highest BCUT2D eigenvalue weighted by molar-refractivity contribution is 5.52. The molecule has 2 nitrogen and oxygen atoms in total. The Morgan fingerprint density at radius 1 is 1.36 bits per heavy atom. The van der Waals surface area contributed by atoms with E-state index in [0.29, 0.717) is 6.54 Å². The second kappa shape index (κ2) is 5.31. The summed E-state index contributed by atoms with van der Waals surface area (Å²) >= 11 is 0. The third kappa shape index (κ3) is 2.79. The van der Waals surface area contributed by atoms with Crippen LogP contribution in [0.5, 0.6) is 0 Å². The minimum atomic E-state index is 0.614. The van der Waals surface area contributed by atoms with Gasteiger partial charge in [-0.1, -0.05) is 18.8 Å². The van der Waals surface area contributed by atoms with E-state index < -0.39 is 0 Å². The van der Waals surface area contributed by atoms with Gasteiger partial charge in [-0.05, 0) is 30.2 Å². The Morgan fingerprint density at radius 2 is 2.14 bits per heavy atom. The number of aryl methyl sites for hydroxylation is 1. The van der Waals surface area contributed by atoms with E-state index in [0.717, 1.165) is 29.7 Å². The van der Waals surface area contributed by atoms with Crippen molar-refractivity contribution in [3.63, 3.8) is 0 Å². The van der Waals surface area contributed by atoms with Crippen molar-refractivity contribution in [2.45, 2.75) is 19.8 Å². The molecule has 0 aliphatic carbocycles. The predicted octanol–water partition coefficient (Wildman–Crippen LogP) is 1.53. The van der Waals surface area contributed by atoms with Crippen LogP contribution in [0.25, 0.3) is 0 Å². The number of hydrogen-bond acceptors (Lipinski definition) is 2. The van der Waals surface area contributed by atoms with Gasteiger partial charge in [0.25, 0.3) is 0 Å². The molecular formula is C12H16N2. The van der Waals surface area contributed by atoms with Gasteiger partial charge in [-0.2, -0.15) is 0 Å². The van der Waals surface area contributed by atoms with Gasteiger partial charge in [0.05, 0.1) is 0 Å². The number of nitrogen functional groups attached to an aromatic ring is 1. The van der Waals surface area contributed by atoms with E-state index in [-0.39, 0.29) is 0 Å². The quantitative estimate of drug-likeness (QED) is 0.546. The van der Waals surface area contributed by atoms with Crippen molar-refractivity contribution in [1.29, 1.82) is 0 Å². The second-order valence-electron chi connectivity index (χ2n) is 3.11. The maximum absolute atomic E-state index is 5.79. The van der Waals surface area contributed by atoms with Crippen molar-refractivity contribution in [3.8, 4) is 11.8 Å². The second-order valence-corrected chi connectivity index (χ2v) is 3.11. The van der Waals surface area contributed by atoms with Crippen LogP contribution in [-0.2, 0) is 6.42 Å². The summed E-state index contributed by atoms with van der Waals surface area (Å²) in [5, 5.41) is 0. The highest BCUT2D eigenvalue weighted by Gasteiger charge is 1.96. The van der Waals surface area contributed by atoms with Gasteiger partial charge < -0.3 is 11.5 Å². The normalized spacial score (nSPS) is 9.29. The van der Waals surface area contributed by atoms with Gasteiger partial charge in [0.1, 0.15) is 0 Å². The molecule has 1 rings (SSSR count). The lowest BCUT2D eigenvalue weighted by Crippen LogP contribution is -1.96. The minimum absolute atomic E-state index is 0.614. The molecule has 0 spiro atoms. The third-order valence-corrected chi connectivity index (χ3v) is 2.03. The van der Waals surface area contributed by atoms with E-state index in [1.165, 1.54) is 0 Å². The van der Waals surface area contributed by atoms with Crippen molar-refractivity contribution in [1.82, 2.24) is 0 Å². The van der Waals surface area contributed by atoms with E-state index in [9.17, 15) is 0 Å². The van der Waals surface area contributed by atoms with Crippen LogP contribution < -0.4 is 11.5 Å². The first-order valence-electron chi connectivity index (χ1n) is 4.85. The number of benzene rings is 1. The average molecular weight is 188 g/mol. The summed E-state index contributed by atoms with van der Waals surface area (Å²) in [7, 11) is 0. The lowest BCUT2D eigenvalue weighted by molar-refractivity contribution is 1.03.